The summed E-state index contributed by atoms with van der Waals surface area (Å²) in [5.74, 6) is 0.682. The lowest BCUT2D eigenvalue weighted by Gasteiger charge is -2.04. The third-order valence-electron chi connectivity index (χ3n) is 2.12. The molecule has 1 N–H and O–H groups in total. The van der Waals surface area contributed by atoms with Gasteiger partial charge < -0.3 is 5.32 Å². The molecule has 0 radical (unpaired) electrons. The molecule has 1 amide bonds. The van der Waals surface area contributed by atoms with E-state index in [1.54, 1.807) is 0 Å². The highest BCUT2D eigenvalue weighted by atomic mass is 35.5. The maximum atomic E-state index is 11.4. The van der Waals surface area contributed by atoms with E-state index in [0.717, 1.165) is 18.5 Å². The number of hydrogen-bond donors (Lipinski definition) is 1. The second-order valence-electron chi connectivity index (χ2n) is 3.56. The number of alkyl halides is 1. The Morgan fingerprint density at radius 2 is 1.58 bits per heavy atom. The molecule has 0 saturated heterocycles. The first kappa shape index (κ1) is 20.3. The van der Waals surface area contributed by atoms with Crippen LogP contribution in [0.2, 0.25) is 0 Å². The molecule has 0 aliphatic heterocycles. The molecule has 19 heavy (non-hydrogen) atoms. The van der Waals surface area contributed by atoms with Gasteiger partial charge in [-0.3, -0.25) is 4.79 Å². The molecule has 0 saturated carbocycles. The van der Waals surface area contributed by atoms with Gasteiger partial charge in [-0.15, -0.1) is 11.6 Å². The number of nitrogens with one attached hydrogen (secondary N) is 1. The van der Waals surface area contributed by atoms with E-state index >= 15 is 0 Å². The van der Waals surface area contributed by atoms with Crippen molar-refractivity contribution >= 4 is 23.2 Å². The molecule has 0 fully saturated rings. The van der Waals surface area contributed by atoms with E-state index in [4.69, 9.17) is 11.6 Å². The molecule has 0 aliphatic rings. The van der Waals surface area contributed by atoms with Crippen LogP contribution in [0.15, 0.2) is 24.3 Å². The number of unbranched alkanes of at least 4 members (excludes halogenated alkanes) is 1. The van der Waals surface area contributed by atoms with Crippen molar-refractivity contribution < 1.29 is 4.79 Å². The van der Waals surface area contributed by atoms with E-state index in [1.165, 1.54) is 5.56 Å². The van der Waals surface area contributed by atoms with Gasteiger partial charge in [0, 0.05) is 18.0 Å². The molecule has 0 spiro atoms. The minimum Gasteiger partial charge on any atom is -0.326 e. The van der Waals surface area contributed by atoms with Crippen molar-refractivity contribution in [1.82, 2.24) is 0 Å². The Hall–Kier alpha value is -1.02. The first-order valence-electron chi connectivity index (χ1n) is 7.15. The predicted molar refractivity (Wildman–Crippen MR) is 87.1 cm³/mol. The van der Waals surface area contributed by atoms with Crippen molar-refractivity contribution in [3.63, 3.8) is 0 Å². The highest BCUT2D eigenvalue weighted by Gasteiger charge is 2.01. The van der Waals surface area contributed by atoms with Crippen LogP contribution in [0.1, 0.15) is 52.5 Å². The van der Waals surface area contributed by atoms with Crippen LogP contribution >= 0.6 is 11.6 Å². The summed E-state index contributed by atoms with van der Waals surface area (Å²) < 4.78 is 0. The molecule has 0 heterocycles. The maximum Gasteiger partial charge on any atom is 0.224 e. The second-order valence-corrected chi connectivity index (χ2v) is 3.94. The molecular formula is C16H28ClNO. The predicted octanol–water partition coefficient (Wildman–Crippen LogP) is 5.40. The van der Waals surface area contributed by atoms with Crippen LogP contribution in [-0.2, 0) is 4.79 Å². The molecule has 0 aliphatic carbocycles. The van der Waals surface area contributed by atoms with Crippen molar-refractivity contribution in [3.8, 4) is 0 Å². The molecular weight excluding hydrogens is 258 g/mol. The van der Waals surface area contributed by atoms with Crippen LogP contribution in [0.4, 0.5) is 5.69 Å². The monoisotopic (exact) mass is 285 g/mol. The second kappa shape index (κ2) is 15.0. The van der Waals surface area contributed by atoms with Crippen molar-refractivity contribution in [2.75, 3.05) is 11.2 Å². The summed E-state index contributed by atoms with van der Waals surface area (Å²) in [6.07, 6.45) is 2.28. The fraction of sp³-hybridized carbons (Fsp3) is 0.562. The van der Waals surface area contributed by atoms with Crippen molar-refractivity contribution in [2.24, 2.45) is 0 Å². The number of amides is 1. The van der Waals surface area contributed by atoms with Gasteiger partial charge in [0.1, 0.15) is 0 Å². The molecule has 3 heteroatoms. The highest BCUT2D eigenvalue weighted by Crippen LogP contribution is 2.09. The van der Waals surface area contributed by atoms with Crippen LogP contribution in [0, 0.1) is 6.92 Å². The van der Waals surface area contributed by atoms with Crippen LogP contribution in [-0.4, -0.2) is 11.8 Å². The minimum absolute atomic E-state index is 0.0592. The van der Waals surface area contributed by atoms with Crippen molar-refractivity contribution in [1.29, 1.82) is 0 Å². The number of benzene rings is 1. The average molecular weight is 286 g/mol. The number of carbonyl (C=O) groups excluding carboxylic acids is 1. The number of aryl methyl sites for hydroxylation is 1. The maximum absolute atomic E-state index is 11.4. The molecule has 0 aromatic heterocycles. The van der Waals surface area contributed by atoms with Gasteiger partial charge in [0.2, 0.25) is 5.91 Å². The number of anilines is 1. The Balaban J connectivity index is 0. The summed E-state index contributed by atoms with van der Waals surface area (Å²) in [4.78, 5) is 11.4. The molecule has 2 nitrogen and oxygen atoms in total. The molecule has 1 rings (SSSR count). The van der Waals surface area contributed by atoms with Crippen molar-refractivity contribution in [3.05, 3.63) is 29.8 Å². The van der Waals surface area contributed by atoms with Gasteiger partial charge in [-0.1, -0.05) is 45.4 Å². The van der Waals surface area contributed by atoms with E-state index < -0.39 is 0 Å². The van der Waals surface area contributed by atoms with Gasteiger partial charge in [0.15, 0.2) is 0 Å². The summed E-state index contributed by atoms with van der Waals surface area (Å²) in [7, 11) is 0. The van der Waals surface area contributed by atoms with Gasteiger partial charge in [0.25, 0.3) is 0 Å². The SMILES string of the molecule is CC.CC.Cc1ccc(NC(=O)CCCCCl)cc1. The Morgan fingerprint density at radius 3 is 2.05 bits per heavy atom. The Kier molecular flexibility index (Phi) is 16.1. The lowest BCUT2D eigenvalue weighted by Crippen LogP contribution is -2.10. The van der Waals surface area contributed by atoms with Gasteiger partial charge in [0.05, 0.1) is 0 Å². The smallest absolute Gasteiger partial charge is 0.224 e. The molecule has 1 aromatic rings. The topological polar surface area (TPSA) is 29.1 Å². The Labute approximate surface area is 123 Å². The van der Waals surface area contributed by atoms with Gasteiger partial charge in [-0.2, -0.15) is 0 Å². The van der Waals surface area contributed by atoms with E-state index in [0.29, 0.717) is 12.3 Å². The average Bonchev–Trinajstić information content (AvgIpc) is 2.46. The fourth-order valence-electron chi connectivity index (χ4n) is 1.24. The van der Waals surface area contributed by atoms with E-state index in [-0.39, 0.29) is 5.91 Å². The standard InChI is InChI=1S/C12H16ClNO.2C2H6/c1-10-5-7-11(8-6-10)14-12(15)4-2-3-9-13;2*1-2/h5-8H,2-4,9H2,1H3,(H,14,15);2*1-2H3. The van der Waals surface area contributed by atoms with Crippen molar-refractivity contribution in [2.45, 2.75) is 53.9 Å². The highest BCUT2D eigenvalue weighted by molar-refractivity contribution is 6.17. The summed E-state index contributed by atoms with van der Waals surface area (Å²) >= 11 is 5.53. The number of hydrogen-bond acceptors (Lipinski definition) is 1. The zero-order valence-electron chi connectivity index (χ0n) is 12.9. The number of halogens is 1. The first-order chi connectivity index (χ1) is 9.22. The van der Waals surface area contributed by atoms with E-state index in [1.807, 2.05) is 58.9 Å². The third kappa shape index (κ3) is 11.8. The summed E-state index contributed by atoms with van der Waals surface area (Å²) in [6, 6.07) is 7.78. The first-order valence-corrected chi connectivity index (χ1v) is 7.68. The summed E-state index contributed by atoms with van der Waals surface area (Å²) in [6.45, 7) is 10.0. The van der Waals surface area contributed by atoms with Crippen LogP contribution in [0.5, 0.6) is 0 Å². The normalized spacial score (nSPS) is 8.53. The summed E-state index contributed by atoms with van der Waals surface area (Å²) in [5.41, 5.74) is 2.05. The lowest BCUT2D eigenvalue weighted by molar-refractivity contribution is -0.116. The van der Waals surface area contributed by atoms with Crippen LogP contribution in [0.25, 0.3) is 0 Å². The minimum atomic E-state index is 0.0592. The fourth-order valence-corrected chi connectivity index (χ4v) is 1.43. The van der Waals surface area contributed by atoms with Crippen LogP contribution < -0.4 is 5.32 Å². The quantitative estimate of drug-likeness (QED) is 0.570. The molecule has 1 aromatic carbocycles. The lowest BCUT2D eigenvalue weighted by atomic mass is 10.2. The molecule has 0 unspecified atom stereocenters. The Morgan fingerprint density at radius 1 is 1.05 bits per heavy atom. The van der Waals surface area contributed by atoms with E-state index in [9.17, 15) is 4.79 Å². The van der Waals surface area contributed by atoms with E-state index in [2.05, 4.69) is 5.32 Å². The van der Waals surface area contributed by atoms with Crippen LogP contribution in [0.3, 0.4) is 0 Å². The largest absolute Gasteiger partial charge is 0.326 e. The van der Waals surface area contributed by atoms with Gasteiger partial charge in [-0.05, 0) is 31.9 Å². The zero-order valence-corrected chi connectivity index (χ0v) is 13.7. The van der Waals surface area contributed by atoms with Gasteiger partial charge >= 0.3 is 0 Å². The number of carbonyl (C=O) groups is 1. The summed E-state index contributed by atoms with van der Waals surface area (Å²) in [5, 5.41) is 2.85. The number of rotatable bonds is 5. The third-order valence-corrected chi connectivity index (χ3v) is 2.39. The molecule has 110 valence electrons. The molecule has 0 bridgehead atoms. The molecule has 0 atom stereocenters. The Bertz CT molecular complexity index is 309. The zero-order chi connectivity index (χ0) is 15.1. The van der Waals surface area contributed by atoms with Gasteiger partial charge in [-0.25, -0.2) is 0 Å².